The van der Waals surface area contributed by atoms with Gasteiger partial charge < -0.3 is 24.3 Å². The number of amides is 1. The highest BCUT2D eigenvalue weighted by molar-refractivity contribution is 5.97. The molecular formula is C18H20N2O7. The molecule has 0 radical (unpaired) electrons. The maximum Gasteiger partial charge on any atom is 0.270 e. The maximum absolute atomic E-state index is 12.5. The average molecular weight is 376 g/mol. The highest BCUT2D eigenvalue weighted by Crippen LogP contribution is 2.38. The van der Waals surface area contributed by atoms with Gasteiger partial charge in [-0.05, 0) is 23.8 Å². The third-order valence-electron chi connectivity index (χ3n) is 3.82. The fourth-order valence-corrected chi connectivity index (χ4v) is 2.50. The van der Waals surface area contributed by atoms with E-state index >= 15 is 0 Å². The van der Waals surface area contributed by atoms with Crippen LogP contribution in [0.15, 0.2) is 30.3 Å². The van der Waals surface area contributed by atoms with Crippen LogP contribution < -0.4 is 24.3 Å². The van der Waals surface area contributed by atoms with Crippen LogP contribution in [0.3, 0.4) is 0 Å². The lowest BCUT2D eigenvalue weighted by Crippen LogP contribution is -2.23. The van der Waals surface area contributed by atoms with Gasteiger partial charge in [0.2, 0.25) is 5.75 Å². The zero-order valence-corrected chi connectivity index (χ0v) is 15.4. The Kier molecular flexibility index (Phi) is 6.42. The molecule has 0 aliphatic rings. The molecule has 9 heteroatoms. The van der Waals surface area contributed by atoms with Gasteiger partial charge in [-0.1, -0.05) is 0 Å². The van der Waals surface area contributed by atoms with Crippen LogP contribution in [0.2, 0.25) is 0 Å². The number of rotatable bonds is 8. The number of non-ortho nitro benzene ring substituents is 1. The summed E-state index contributed by atoms with van der Waals surface area (Å²) in [5.41, 5.74) is 0.565. The van der Waals surface area contributed by atoms with Gasteiger partial charge in [0.15, 0.2) is 11.5 Å². The fourth-order valence-electron chi connectivity index (χ4n) is 2.50. The van der Waals surface area contributed by atoms with Crippen molar-refractivity contribution < 1.29 is 28.7 Å². The van der Waals surface area contributed by atoms with Gasteiger partial charge in [0.25, 0.3) is 11.6 Å². The number of nitrogens with zero attached hydrogens (tertiary/aromatic N) is 1. The number of carbonyl (C=O) groups is 1. The van der Waals surface area contributed by atoms with E-state index in [1.807, 2.05) is 0 Å². The molecule has 1 amide bonds. The third kappa shape index (κ3) is 4.38. The zero-order valence-electron chi connectivity index (χ0n) is 15.4. The smallest absolute Gasteiger partial charge is 0.270 e. The van der Waals surface area contributed by atoms with Gasteiger partial charge in [0.1, 0.15) is 5.75 Å². The molecule has 0 spiro atoms. The number of benzene rings is 2. The van der Waals surface area contributed by atoms with E-state index in [1.165, 1.54) is 46.6 Å². The lowest BCUT2D eigenvalue weighted by Gasteiger charge is -2.15. The van der Waals surface area contributed by atoms with Crippen molar-refractivity contribution in [1.82, 2.24) is 5.32 Å². The molecule has 27 heavy (non-hydrogen) atoms. The van der Waals surface area contributed by atoms with Gasteiger partial charge in [-0.3, -0.25) is 14.9 Å². The zero-order chi connectivity index (χ0) is 20.0. The van der Waals surface area contributed by atoms with Gasteiger partial charge in [-0.25, -0.2) is 0 Å². The predicted octanol–water partition coefficient (Wildman–Crippen LogP) is 2.56. The van der Waals surface area contributed by atoms with Crippen LogP contribution in [-0.2, 0) is 6.54 Å². The normalized spacial score (nSPS) is 10.1. The minimum Gasteiger partial charge on any atom is -0.496 e. The van der Waals surface area contributed by atoms with Crippen molar-refractivity contribution in [1.29, 1.82) is 0 Å². The molecule has 0 atom stereocenters. The minimum absolute atomic E-state index is 0.0686. The van der Waals surface area contributed by atoms with Gasteiger partial charge in [-0.2, -0.15) is 0 Å². The standard InChI is InChI=1S/C18H20N2O7/c1-24-14-6-5-12(20(22)23)9-13(14)18(21)19-10-11-7-15(25-2)17(27-4)16(8-11)26-3/h5-9H,10H2,1-4H3,(H,19,21). The van der Waals surface area contributed by atoms with E-state index in [9.17, 15) is 14.9 Å². The summed E-state index contributed by atoms with van der Waals surface area (Å²) in [6.07, 6.45) is 0. The molecule has 0 heterocycles. The summed E-state index contributed by atoms with van der Waals surface area (Å²) in [5.74, 6) is 1.07. The third-order valence-corrected chi connectivity index (χ3v) is 3.82. The van der Waals surface area contributed by atoms with Crippen LogP contribution in [0.5, 0.6) is 23.0 Å². The number of hydrogen-bond acceptors (Lipinski definition) is 7. The van der Waals surface area contributed by atoms with Crippen LogP contribution in [0.1, 0.15) is 15.9 Å². The second-order valence-corrected chi connectivity index (χ2v) is 5.36. The Morgan fingerprint density at radius 3 is 2.04 bits per heavy atom. The number of ether oxygens (including phenoxy) is 4. The first-order valence-corrected chi connectivity index (χ1v) is 7.84. The lowest BCUT2D eigenvalue weighted by atomic mass is 10.1. The van der Waals surface area contributed by atoms with E-state index in [1.54, 1.807) is 12.1 Å². The number of hydrogen-bond donors (Lipinski definition) is 1. The van der Waals surface area contributed by atoms with Crippen molar-refractivity contribution >= 4 is 11.6 Å². The molecule has 9 nitrogen and oxygen atoms in total. The highest BCUT2D eigenvalue weighted by Gasteiger charge is 2.18. The van der Waals surface area contributed by atoms with Crippen molar-refractivity contribution in [3.8, 4) is 23.0 Å². The van der Waals surface area contributed by atoms with Crippen LogP contribution >= 0.6 is 0 Å². The molecule has 0 aliphatic carbocycles. The van der Waals surface area contributed by atoms with E-state index < -0.39 is 10.8 Å². The number of carbonyl (C=O) groups excluding carboxylic acids is 1. The molecule has 0 unspecified atom stereocenters. The van der Waals surface area contributed by atoms with Gasteiger partial charge in [-0.15, -0.1) is 0 Å². The first-order valence-electron chi connectivity index (χ1n) is 7.84. The van der Waals surface area contributed by atoms with E-state index in [4.69, 9.17) is 18.9 Å². The average Bonchev–Trinajstić information content (AvgIpc) is 2.70. The summed E-state index contributed by atoms with van der Waals surface area (Å²) >= 11 is 0. The number of nitro benzene ring substituents is 1. The van der Waals surface area contributed by atoms with Crippen molar-refractivity contribution in [2.24, 2.45) is 0 Å². The van der Waals surface area contributed by atoms with Crippen molar-refractivity contribution in [2.75, 3.05) is 28.4 Å². The van der Waals surface area contributed by atoms with Crippen molar-refractivity contribution in [2.45, 2.75) is 6.54 Å². The Morgan fingerprint density at radius 1 is 0.963 bits per heavy atom. The van der Waals surface area contributed by atoms with E-state index in [-0.39, 0.29) is 23.5 Å². The monoisotopic (exact) mass is 376 g/mol. The number of nitro groups is 1. The summed E-state index contributed by atoms with van der Waals surface area (Å²) in [7, 11) is 5.87. The molecule has 2 aromatic rings. The summed E-state index contributed by atoms with van der Waals surface area (Å²) in [5, 5.41) is 13.7. The predicted molar refractivity (Wildman–Crippen MR) is 96.9 cm³/mol. The highest BCUT2D eigenvalue weighted by atomic mass is 16.6. The molecule has 2 aromatic carbocycles. The van der Waals surface area contributed by atoms with Gasteiger partial charge in [0, 0.05) is 18.7 Å². The van der Waals surface area contributed by atoms with E-state index in [2.05, 4.69) is 5.32 Å². The number of nitrogens with one attached hydrogen (secondary N) is 1. The van der Waals surface area contributed by atoms with Crippen LogP contribution in [0.4, 0.5) is 5.69 Å². The Labute approximate surface area is 155 Å². The molecule has 0 saturated heterocycles. The fraction of sp³-hybridized carbons (Fsp3) is 0.278. The quantitative estimate of drug-likeness (QED) is 0.557. The Bertz CT molecular complexity index is 827. The lowest BCUT2D eigenvalue weighted by molar-refractivity contribution is -0.384. The molecule has 0 bridgehead atoms. The van der Waals surface area contributed by atoms with E-state index in [0.29, 0.717) is 22.8 Å². The molecule has 0 fully saturated rings. The molecule has 2 rings (SSSR count). The first-order chi connectivity index (χ1) is 12.9. The second kappa shape index (κ2) is 8.75. The largest absolute Gasteiger partial charge is 0.496 e. The maximum atomic E-state index is 12.5. The van der Waals surface area contributed by atoms with Crippen LogP contribution in [0.25, 0.3) is 0 Å². The molecule has 1 N–H and O–H groups in total. The van der Waals surface area contributed by atoms with Crippen molar-refractivity contribution in [3.63, 3.8) is 0 Å². The molecule has 0 aromatic heterocycles. The van der Waals surface area contributed by atoms with Gasteiger partial charge >= 0.3 is 0 Å². The molecule has 144 valence electrons. The Morgan fingerprint density at radius 2 is 1.56 bits per heavy atom. The van der Waals surface area contributed by atoms with Crippen molar-refractivity contribution in [3.05, 3.63) is 51.6 Å². The first kappa shape index (κ1) is 19.8. The number of methoxy groups -OCH3 is 4. The summed E-state index contributed by atoms with van der Waals surface area (Å²) in [4.78, 5) is 22.9. The Balaban J connectivity index is 2.25. The summed E-state index contributed by atoms with van der Waals surface area (Å²) in [6.45, 7) is 0.140. The molecule has 0 saturated carbocycles. The second-order valence-electron chi connectivity index (χ2n) is 5.36. The Hall–Kier alpha value is -3.49. The molecule has 0 aliphatic heterocycles. The minimum atomic E-state index is -0.574. The summed E-state index contributed by atoms with van der Waals surface area (Å²) < 4.78 is 20.9. The van der Waals surface area contributed by atoms with Crippen LogP contribution in [-0.4, -0.2) is 39.3 Å². The summed E-state index contributed by atoms with van der Waals surface area (Å²) in [6, 6.07) is 7.23. The topological polar surface area (TPSA) is 109 Å². The SMILES string of the molecule is COc1ccc([N+](=O)[O-])cc1C(=O)NCc1cc(OC)c(OC)c(OC)c1. The van der Waals surface area contributed by atoms with E-state index in [0.717, 1.165) is 0 Å². The molecular weight excluding hydrogens is 356 g/mol. The van der Waals surface area contributed by atoms with Crippen LogP contribution in [0, 0.1) is 10.1 Å². The van der Waals surface area contributed by atoms with Gasteiger partial charge in [0.05, 0.1) is 38.9 Å².